The number of pyridine rings is 1. The average Bonchev–Trinajstić information content (AvgIpc) is 2.38. The zero-order valence-electron chi connectivity index (χ0n) is 10.9. The summed E-state index contributed by atoms with van der Waals surface area (Å²) >= 11 is 0. The number of nitrogens with one attached hydrogen (secondary N) is 1. The van der Waals surface area contributed by atoms with Crippen molar-refractivity contribution in [3.8, 4) is 12.3 Å². The number of benzene rings is 1. The van der Waals surface area contributed by atoms with Gasteiger partial charge in [-0.3, -0.25) is 4.98 Å². The van der Waals surface area contributed by atoms with Gasteiger partial charge in [-0.05, 0) is 31.2 Å². The summed E-state index contributed by atoms with van der Waals surface area (Å²) in [6.45, 7) is 5.09. The molecule has 0 saturated carbocycles. The number of rotatable bonds is 4. The molecule has 2 heteroatoms. The number of aromatic nitrogens is 1. The van der Waals surface area contributed by atoms with E-state index in [1.165, 1.54) is 10.9 Å². The van der Waals surface area contributed by atoms with Gasteiger partial charge in [0, 0.05) is 11.8 Å². The Morgan fingerprint density at radius 2 is 2.17 bits per heavy atom. The molecule has 0 fully saturated rings. The fourth-order valence-corrected chi connectivity index (χ4v) is 2.20. The Morgan fingerprint density at radius 3 is 2.89 bits per heavy atom. The molecule has 1 heterocycles. The Bertz CT molecular complexity index is 581. The summed E-state index contributed by atoms with van der Waals surface area (Å²) in [7, 11) is 0. The molecule has 0 spiro atoms. The lowest BCUT2D eigenvalue weighted by molar-refractivity contribution is 0.553. The molecule has 0 aliphatic heterocycles. The molecule has 2 aromatic rings. The van der Waals surface area contributed by atoms with E-state index in [2.05, 4.69) is 37.2 Å². The van der Waals surface area contributed by atoms with Crippen LogP contribution >= 0.6 is 0 Å². The normalized spacial score (nSPS) is 12.3. The number of nitrogens with zero attached hydrogens (tertiary/aromatic N) is 1. The fraction of sp³-hybridized carbons (Fsp3) is 0.312. The molecule has 1 aromatic carbocycles. The highest BCUT2D eigenvalue weighted by molar-refractivity contribution is 5.82. The van der Waals surface area contributed by atoms with Gasteiger partial charge in [0.2, 0.25) is 0 Å². The average molecular weight is 238 g/mol. The lowest BCUT2D eigenvalue weighted by Gasteiger charge is -2.16. The van der Waals surface area contributed by atoms with Crippen molar-refractivity contribution in [1.29, 1.82) is 0 Å². The first-order chi connectivity index (χ1) is 8.76. The first-order valence-electron chi connectivity index (χ1n) is 6.29. The number of terminal acetylenes is 1. The monoisotopic (exact) mass is 238 g/mol. The molecule has 0 saturated heterocycles. The molecule has 92 valence electrons. The highest BCUT2D eigenvalue weighted by Gasteiger charge is 2.12. The summed E-state index contributed by atoms with van der Waals surface area (Å²) in [5.74, 6) is 2.72. The van der Waals surface area contributed by atoms with Gasteiger partial charge in [0.25, 0.3) is 0 Å². The maximum absolute atomic E-state index is 5.43. The van der Waals surface area contributed by atoms with Crippen LogP contribution in [-0.4, -0.2) is 11.5 Å². The quantitative estimate of drug-likeness (QED) is 0.827. The van der Waals surface area contributed by atoms with Gasteiger partial charge in [0.15, 0.2) is 0 Å². The first-order valence-corrected chi connectivity index (χ1v) is 6.29. The van der Waals surface area contributed by atoms with Crippen LogP contribution in [0.5, 0.6) is 0 Å². The maximum Gasteiger partial charge on any atom is 0.0708 e. The van der Waals surface area contributed by atoms with E-state index in [0.717, 1.165) is 17.8 Å². The third-order valence-corrected chi connectivity index (χ3v) is 3.07. The Hall–Kier alpha value is -1.85. The molecule has 0 aliphatic carbocycles. The minimum atomic E-state index is 0.142. The minimum Gasteiger partial charge on any atom is -0.308 e. The van der Waals surface area contributed by atoms with Crippen molar-refractivity contribution in [2.24, 2.45) is 0 Å². The summed E-state index contributed by atoms with van der Waals surface area (Å²) in [6, 6.07) is 10.5. The van der Waals surface area contributed by atoms with Crippen LogP contribution in [-0.2, 0) is 0 Å². The van der Waals surface area contributed by atoms with Crippen molar-refractivity contribution >= 4 is 10.9 Å². The molecular weight excluding hydrogens is 220 g/mol. The summed E-state index contributed by atoms with van der Waals surface area (Å²) in [5.41, 5.74) is 3.31. The second kappa shape index (κ2) is 5.66. The molecule has 18 heavy (non-hydrogen) atoms. The molecule has 0 amide bonds. The number of hydrogen-bond donors (Lipinski definition) is 1. The van der Waals surface area contributed by atoms with Crippen molar-refractivity contribution in [3.05, 3.63) is 41.6 Å². The van der Waals surface area contributed by atoms with Gasteiger partial charge < -0.3 is 5.32 Å². The highest BCUT2D eigenvalue weighted by Crippen LogP contribution is 2.22. The molecule has 0 bridgehead atoms. The van der Waals surface area contributed by atoms with Gasteiger partial charge in [0.1, 0.15) is 0 Å². The van der Waals surface area contributed by atoms with Crippen molar-refractivity contribution in [3.63, 3.8) is 0 Å². The SMILES string of the molecule is C#CCC(NCC)c1cc(C)c2ccccc2n1. The zero-order valence-corrected chi connectivity index (χ0v) is 10.9. The molecule has 1 aromatic heterocycles. The van der Waals surface area contributed by atoms with Crippen LogP contribution in [0.3, 0.4) is 0 Å². The Labute approximate surface area is 108 Å². The van der Waals surface area contributed by atoms with E-state index in [0.29, 0.717) is 6.42 Å². The third kappa shape index (κ3) is 2.52. The topological polar surface area (TPSA) is 24.9 Å². The van der Waals surface area contributed by atoms with Gasteiger partial charge in [-0.25, -0.2) is 0 Å². The van der Waals surface area contributed by atoms with E-state index >= 15 is 0 Å². The minimum absolute atomic E-state index is 0.142. The molecule has 0 radical (unpaired) electrons. The summed E-state index contributed by atoms with van der Waals surface area (Å²) in [4.78, 5) is 4.72. The van der Waals surface area contributed by atoms with Crippen LogP contribution in [0.25, 0.3) is 10.9 Å². The number of fused-ring (bicyclic) bond motifs is 1. The first kappa shape index (κ1) is 12.6. The van der Waals surface area contributed by atoms with Gasteiger partial charge in [-0.1, -0.05) is 25.1 Å². The van der Waals surface area contributed by atoms with Crippen LogP contribution in [0.4, 0.5) is 0 Å². The van der Waals surface area contributed by atoms with Gasteiger partial charge in [0.05, 0.1) is 17.3 Å². The van der Waals surface area contributed by atoms with Crippen LogP contribution in [0.2, 0.25) is 0 Å². The number of aryl methyl sites for hydroxylation is 1. The van der Waals surface area contributed by atoms with E-state index < -0.39 is 0 Å². The molecule has 1 N–H and O–H groups in total. The van der Waals surface area contributed by atoms with E-state index in [4.69, 9.17) is 11.4 Å². The second-order valence-electron chi connectivity index (χ2n) is 4.40. The maximum atomic E-state index is 5.43. The van der Waals surface area contributed by atoms with E-state index in [1.807, 2.05) is 18.2 Å². The van der Waals surface area contributed by atoms with Crippen LogP contribution in [0.1, 0.15) is 30.6 Å². The van der Waals surface area contributed by atoms with E-state index in [9.17, 15) is 0 Å². The smallest absolute Gasteiger partial charge is 0.0708 e. The summed E-state index contributed by atoms with van der Waals surface area (Å²) in [6.07, 6.45) is 6.10. The molecule has 1 atom stereocenters. The van der Waals surface area contributed by atoms with Crippen LogP contribution in [0.15, 0.2) is 30.3 Å². The van der Waals surface area contributed by atoms with Crippen LogP contribution < -0.4 is 5.32 Å². The van der Waals surface area contributed by atoms with Gasteiger partial charge >= 0.3 is 0 Å². The van der Waals surface area contributed by atoms with Crippen molar-refractivity contribution in [2.75, 3.05) is 6.54 Å². The number of hydrogen-bond acceptors (Lipinski definition) is 2. The largest absolute Gasteiger partial charge is 0.308 e. The third-order valence-electron chi connectivity index (χ3n) is 3.07. The standard InChI is InChI=1S/C16H18N2/c1-4-8-15(17-5-2)16-11-12(3)13-9-6-7-10-14(13)18-16/h1,6-7,9-11,15,17H,5,8H2,2-3H3. The van der Waals surface area contributed by atoms with E-state index in [1.54, 1.807) is 0 Å². The molecule has 2 rings (SSSR count). The Morgan fingerprint density at radius 1 is 1.39 bits per heavy atom. The number of para-hydroxylation sites is 1. The van der Waals surface area contributed by atoms with Crippen molar-refractivity contribution < 1.29 is 0 Å². The zero-order chi connectivity index (χ0) is 13.0. The predicted octanol–water partition coefficient (Wildman–Crippen LogP) is 3.22. The predicted molar refractivity (Wildman–Crippen MR) is 76.3 cm³/mol. The van der Waals surface area contributed by atoms with Crippen molar-refractivity contribution in [1.82, 2.24) is 10.3 Å². The Balaban J connectivity index is 2.47. The van der Waals surface area contributed by atoms with Gasteiger partial charge in [-0.2, -0.15) is 0 Å². The molecule has 2 nitrogen and oxygen atoms in total. The lowest BCUT2D eigenvalue weighted by atomic mass is 10.0. The molecule has 0 aliphatic rings. The molecule has 1 unspecified atom stereocenters. The summed E-state index contributed by atoms with van der Waals surface area (Å²) < 4.78 is 0. The highest BCUT2D eigenvalue weighted by atomic mass is 14.9. The fourth-order valence-electron chi connectivity index (χ4n) is 2.20. The summed E-state index contributed by atoms with van der Waals surface area (Å²) in [5, 5.41) is 4.59. The molecular formula is C16H18N2. The van der Waals surface area contributed by atoms with E-state index in [-0.39, 0.29) is 6.04 Å². The van der Waals surface area contributed by atoms with Gasteiger partial charge in [-0.15, -0.1) is 12.3 Å². The second-order valence-corrected chi connectivity index (χ2v) is 4.40. The Kier molecular flexibility index (Phi) is 3.96. The van der Waals surface area contributed by atoms with Crippen LogP contribution in [0, 0.1) is 19.3 Å². The lowest BCUT2D eigenvalue weighted by Crippen LogP contribution is -2.21. The van der Waals surface area contributed by atoms with Crippen molar-refractivity contribution in [2.45, 2.75) is 26.3 Å².